The van der Waals surface area contributed by atoms with Crippen molar-refractivity contribution in [1.82, 2.24) is 0 Å². The minimum absolute atomic E-state index is 0.0223. The van der Waals surface area contributed by atoms with Crippen molar-refractivity contribution in [2.24, 2.45) is 22.4 Å². The van der Waals surface area contributed by atoms with Gasteiger partial charge in [-0.05, 0) is 6.42 Å². The van der Waals surface area contributed by atoms with Crippen molar-refractivity contribution in [3.05, 3.63) is 25.3 Å². The van der Waals surface area contributed by atoms with Gasteiger partial charge in [-0.3, -0.25) is 9.79 Å². The molecule has 0 radical (unpaired) electrons. The van der Waals surface area contributed by atoms with Gasteiger partial charge < -0.3 is 20.9 Å². The molecular weight excluding hydrogens is 234 g/mol. The predicted molar refractivity (Wildman–Crippen MR) is 68.8 cm³/mol. The fraction of sp³-hybridized carbons (Fsp3) is 0.500. The second-order valence-electron chi connectivity index (χ2n) is 3.93. The van der Waals surface area contributed by atoms with E-state index in [0.29, 0.717) is 6.42 Å². The molecule has 0 aliphatic carbocycles. The molecule has 0 saturated carbocycles. The van der Waals surface area contributed by atoms with Crippen LogP contribution in [0.5, 0.6) is 0 Å². The summed E-state index contributed by atoms with van der Waals surface area (Å²) < 4.78 is 10.6. The SMILES string of the molecule is C=C[C@H]1C[C@H](C(=O)OCCN=C(N)N)[C@@H](C=C)O1. The third-order valence-corrected chi connectivity index (χ3v) is 2.64. The number of aliphatic imine (C=N–C) groups is 1. The van der Waals surface area contributed by atoms with E-state index in [0.717, 1.165) is 0 Å². The van der Waals surface area contributed by atoms with Gasteiger partial charge in [-0.25, -0.2) is 0 Å². The summed E-state index contributed by atoms with van der Waals surface area (Å²) in [6.07, 6.45) is 3.36. The molecule has 1 aliphatic heterocycles. The molecule has 100 valence electrons. The van der Waals surface area contributed by atoms with Gasteiger partial charge in [0.05, 0.1) is 24.7 Å². The van der Waals surface area contributed by atoms with Crippen LogP contribution in [0, 0.1) is 5.92 Å². The van der Waals surface area contributed by atoms with Crippen LogP contribution in [0.15, 0.2) is 30.3 Å². The van der Waals surface area contributed by atoms with Crippen LogP contribution in [0.3, 0.4) is 0 Å². The zero-order valence-electron chi connectivity index (χ0n) is 10.2. The maximum absolute atomic E-state index is 11.8. The summed E-state index contributed by atoms with van der Waals surface area (Å²) in [6.45, 7) is 7.69. The van der Waals surface area contributed by atoms with E-state index in [9.17, 15) is 4.79 Å². The molecule has 6 heteroatoms. The van der Waals surface area contributed by atoms with Gasteiger partial charge in [0.25, 0.3) is 0 Å². The lowest BCUT2D eigenvalue weighted by molar-refractivity contribution is -0.149. The Morgan fingerprint density at radius 3 is 2.72 bits per heavy atom. The highest BCUT2D eigenvalue weighted by Crippen LogP contribution is 2.28. The summed E-state index contributed by atoms with van der Waals surface area (Å²) in [5.74, 6) is -0.689. The molecule has 0 spiro atoms. The number of esters is 1. The number of guanidine groups is 1. The first kappa shape index (κ1) is 14.2. The quantitative estimate of drug-likeness (QED) is 0.227. The van der Waals surface area contributed by atoms with Crippen LogP contribution in [-0.4, -0.2) is 37.3 Å². The zero-order chi connectivity index (χ0) is 13.5. The number of hydrogen-bond acceptors (Lipinski definition) is 4. The monoisotopic (exact) mass is 253 g/mol. The Labute approximate surface area is 106 Å². The average molecular weight is 253 g/mol. The number of hydrogen-bond donors (Lipinski definition) is 2. The molecule has 0 bridgehead atoms. The van der Waals surface area contributed by atoms with Crippen molar-refractivity contribution < 1.29 is 14.3 Å². The van der Waals surface area contributed by atoms with Crippen LogP contribution in [0.4, 0.5) is 0 Å². The van der Waals surface area contributed by atoms with Crippen LogP contribution < -0.4 is 11.5 Å². The summed E-state index contributed by atoms with van der Waals surface area (Å²) in [5.41, 5.74) is 10.3. The predicted octanol–water partition coefficient (Wildman–Crippen LogP) is -0.0513. The molecule has 6 nitrogen and oxygen atoms in total. The maximum Gasteiger partial charge on any atom is 0.312 e. The lowest BCUT2D eigenvalue weighted by atomic mass is 9.99. The Bertz CT molecular complexity index is 350. The molecule has 1 fully saturated rings. The van der Waals surface area contributed by atoms with Crippen molar-refractivity contribution in [3.8, 4) is 0 Å². The lowest BCUT2D eigenvalue weighted by Gasteiger charge is -2.13. The molecule has 0 unspecified atom stereocenters. The summed E-state index contributed by atoms with van der Waals surface area (Å²) in [4.78, 5) is 15.5. The van der Waals surface area contributed by atoms with Gasteiger partial charge in [0, 0.05) is 0 Å². The minimum Gasteiger partial charge on any atom is -0.463 e. The highest BCUT2D eigenvalue weighted by molar-refractivity contribution is 5.76. The molecule has 18 heavy (non-hydrogen) atoms. The van der Waals surface area contributed by atoms with Gasteiger partial charge in [-0.1, -0.05) is 12.2 Å². The number of nitrogens with two attached hydrogens (primary N) is 2. The summed E-state index contributed by atoms with van der Waals surface area (Å²) in [6, 6.07) is 0. The topological polar surface area (TPSA) is 99.9 Å². The molecule has 0 aromatic heterocycles. The molecule has 0 amide bonds. The van der Waals surface area contributed by atoms with Gasteiger partial charge in [0.2, 0.25) is 0 Å². The Balaban J connectivity index is 2.43. The molecule has 1 aliphatic rings. The number of nitrogens with zero attached hydrogens (tertiary/aromatic N) is 1. The standard InChI is InChI=1S/C12H19N3O3/c1-3-8-7-9(10(4-2)18-8)11(16)17-6-5-15-12(13)14/h3-4,8-10H,1-2,5-7H2,(H4,13,14,15)/t8-,9-,10+/m0/s1. The van der Waals surface area contributed by atoms with E-state index in [1.807, 2.05) is 0 Å². The second-order valence-corrected chi connectivity index (χ2v) is 3.93. The maximum atomic E-state index is 11.8. The molecule has 1 heterocycles. The number of carbonyl (C=O) groups excluding carboxylic acids is 1. The van der Waals surface area contributed by atoms with Crippen molar-refractivity contribution in [1.29, 1.82) is 0 Å². The molecule has 1 saturated heterocycles. The Morgan fingerprint density at radius 1 is 1.44 bits per heavy atom. The Hall–Kier alpha value is -1.82. The van der Waals surface area contributed by atoms with Gasteiger partial charge in [-0.2, -0.15) is 0 Å². The third kappa shape index (κ3) is 3.89. The second kappa shape index (κ2) is 6.80. The minimum atomic E-state index is -0.343. The molecule has 1 rings (SSSR count). The van der Waals surface area contributed by atoms with Crippen molar-refractivity contribution in [3.63, 3.8) is 0 Å². The summed E-state index contributed by atoms with van der Waals surface area (Å²) >= 11 is 0. The molecule has 4 N–H and O–H groups in total. The van der Waals surface area contributed by atoms with E-state index in [2.05, 4.69) is 18.2 Å². The first-order valence-electron chi connectivity index (χ1n) is 5.71. The van der Waals surface area contributed by atoms with Crippen LogP contribution >= 0.6 is 0 Å². The first-order valence-corrected chi connectivity index (χ1v) is 5.71. The van der Waals surface area contributed by atoms with Crippen LogP contribution in [-0.2, 0) is 14.3 Å². The Morgan fingerprint density at radius 2 is 2.17 bits per heavy atom. The number of ether oxygens (including phenoxy) is 2. The van der Waals surface area contributed by atoms with E-state index in [1.165, 1.54) is 0 Å². The Kier molecular flexibility index (Phi) is 5.38. The van der Waals surface area contributed by atoms with Gasteiger partial charge in [-0.15, -0.1) is 13.2 Å². The highest BCUT2D eigenvalue weighted by Gasteiger charge is 2.37. The third-order valence-electron chi connectivity index (χ3n) is 2.64. The fourth-order valence-corrected chi connectivity index (χ4v) is 1.77. The smallest absolute Gasteiger partial charge is 0.312 e. The first-order chi connectivity index (χ1) is 8.58. The molecule has 0 aromatic carbocycles. The van der Waals surface area contributed by atoms with E-state index in [4.69, 9.17) is 20.9 Å². The lowest BCUT2D eigenvalue weighted by Crippen LogP contribution is -2.26. The van der Waals surface area contributed by atoms with Gasteiger partial charge >= 0.3 is 5.97 Å². The van der Waals surface area contributed by atoms with Gasteiger partial charge in [0.1, 0.15) is 6.61 Å². The fourth-order valence-electron chi connectivity index (χ4n) is 1.77. The molecule has 3 atom stereocenters. The largest absolute Gasteiger partial charge is 0.463 e. The van der Waals surface area contributed by atoms with E-state index >= 15 is 0 Å². The molecule has 0 aromatic rings. The normalized spacial score (nSPS) is 26.3. The van der Waals surface area contributed by atoms with Crippen molar-refractivity contribution >= 4 is 11.9 Å². The molecular formula is C12H19N3O3. The van der Waals surface area contributed by atoms with E-state index in [1.54, 1.807) is 12.2 Å². The average Bonchev–Trinajstić information content (AvgIpc) is 2.77. The van der Waals surface area contributed by atoms with E-state index < -0.39 is 0 Å². The van der Waals surface area contributed by atoms with E-state index in [-0.39, 0.29) is 43.2 Å². The van der Waals surface area contributed by atoms with Crippen LogP contribution in [0.2, 0.25) is 0 Å². The van der Waals surface area contributed by atoms with Crippen LogP contribution in [0.25, 0.3) is 0 Å². The zero-order valence-corrected chi connectivity index (χ0v) is 10.2. The van der Waals surface area contributed by atoms with Crippen LogP contribution in [0.1, 0.15) is 6.42 Å². The summed E-state index contributed by atoms with van der Waals surface area (Å²) in [7, 11) is 0. The van der Waals surface area contributed by atoms with Gasteiger partial charge in [0.15, 0.2) is 5.96 Å². The van der Waals surface area contributed by atoms with Crippen molar-refractivity contribution in [2.75, 3.05) is 13.2 Å². The number of carbonyl (C=O) groups is 1. The van der Waals surface area contributed by atoms with Crippen molar-refractivity contribution in [2.45, 2.75) is 18.6 Å². The summed E-state index contributed by atoms with van der Waals surface area (Å²) in [5, 5.41) is 0. The highest BCUT2D eigenvalue weighted by atomic mass is 16.5. The number of rotatable bonds is 6.